The number of carbonyl (C=O) groups excluding carboxylic acids is 1. The van der Waals surface area contributed by atoms with Crippen LogP contribution in [0.3, 0.4) is 0 Å². The Morgan fingerprint density at radius 3 is 2.73 bits per heavy atom. The highest BCUT2D eigenvalue weighted by Gasteiger charge is 2.11. The Balaban J connectivity index is 1.38. The van der Waals surface area contributed by atoms with Gasteiger partial charge in [-0.3, -0.25) is 4.79 Å². The van der Waals surface area contributed by atoms with Gasteiger partial charge in [-0.25, -0.2) is 4.98 Å². The summed E-state index contributed by atoms with van der Waals surface area (Å²) in [5.41, 5.74) is 3.83. The molecular weight excluding hydrogens is 378 g/mol. The van der Waals surface area contributed by atoms with Crippen LogP contribution in [-0.4, -0.2) is 22.5 Å². The van der Waals surface area contributed by atoms with Crippen molar-refractivity contribution in [2.75, 3.05) is 11.9 Å². The number of hydrogen-bond acceptors (Lipinski definition) is 5. The molecule has 152 valence electrons. The van der Waals surface area contributed by atoms with E-state index in [9.17, 15) is 4.79 Å². The summed E-state index contributed by atoms with van der Waals surface area (Å²) >= 11 is 0. The zero-order chi connectivity index (χ0) is 20.9. The van der Waals surface area contributed by atoms with E-state index in [-0.39, 0.29) is 12.5 Å². The number of carbonyl (C=O) groups is 1. The van der Waals surface area contributed by atoms with E-state index in [0.29, 0.717) is 34.5 Å². The average Bonchev–Trinajstić information content (AvgIpc) is 3.22. The Morgan fingerprint density at radius 2 is 1.97 bits per heavy atom. The van der Waals surface area contributed by atoms with Crippen molar-refractivity contribution in [2.45, 2.75) is 26.2 Å². The number of fused-ring (bicyclic) bond motifs is 1. The third-order valence-corrected chi connectivity index (χ3v) is 4.99. The van der Waals surface area contributed by atoms with Crippen molar-refractivity contribution in [1.82, 2.24) is 9.97 Å². The lowest BCUT2D eigenvalue weighted by molar-refractivity contribution is -0.118. The summed E-state index contributed by atoms with van der Waals surface area (Å²) in [6.07, 6.45) is 2.75. The predicted octanol–water partition coefficient (Wildman–Crippen LogP) is 5.42. The Hall–Kier alpha value is -3.67. The summed E-state index contributed by atoms with van der Waals surface area (Å²) in [5, 5.41) is 2.85. The minimum atomic E-state index is -0.239. The van der Waals surface area contributed by atoms with Crippen LogP contribution in [0.15, 0.2) is 71.3 Å². The number of rotatable bonds is 7. The molecule has 1 N–H and O–H groups in total. The van der Waals surface area contributed by atoms with Crippen LogP contribution in [0, 0.1) is 0 Å². The molecule has 0 aliphatic rings. The maximum absolute atomic E-state index is 12.3. The molecule has 0 saturated heterocycles. The van der Waals surface area contributed by atoms with Gasteiger partial charge in [0.25, 0.3) is 5.91 Å². The van der Waals surface area contributed by atoms with E-state index in [4.69, 9.17) is 9.15 Å². The summed E-state index contributed by atoms with van der Waals surface area (Å²) in [6.45, 7) is 4.28. The number of oxazole rings is 1. The van der Waals surface area contributed by atoms with Crippen molar-refractivity contribution in [3.63, 3.8) is 0 Å². The zero-order valence-corrected chi connectivity index (χ0v) is 17.0. The highest BCUT2D eigenvalue weighted by molar-refractivity contribution is 5.92. The molecule has 0 saturated carbocycles. The van der Waals surface area contributed by atoms with Gasteiger partial charge in [0.15, 0.2) is 17.8 Å². The molecule has 6 nitrogen and oxygen atoms in total. The van der Waals surface area contributed by atoms with E-state index < -0.39 is 0 Å². The van der Waals surface area contributed by atoms with E-state index in [1.54, 1.807) is 12.3 Å². The van der Waals surface area contributed by atoms with Crippen LogP contribution < -0.4 is 10.1 Å². The van der Waals surface area contributed by atoms with Gasteiger partial charge in [-0.2, -0.15) is 4.98 Å². The number of nitrogens with one attached hydrogen (secondary N) is 1. The summed E-state index contributed by atoms with van der Waals surface area (Å²) in [4.78, 5) is 20.9. The van der Waals surface area contributed by atoms with Crippen LogP contribution in [0.4, 0.5) is 5.69 Å². The van der Waals surface area contributed by atoms with Crippen molar-refractivity contribution in [3.8, 4) is 17.2 Å². The third-order valence-electron chi connectivity index (χ3n) is 4.99. The number of anilines is 1. The van der Waals surface area contributed by atoms with E-state index in [2.05, 4.69) is 29.1 Å². The molecule has 2 aromatic heterocycles. The molecule has 1 amide bonds. The van der Waals surface area contributed by atoms with Crippen molar-refractivity contribution in [3.05, 3.63) is 72.4 Å². The lowest BCUT2D eigenvalue weighted by atomic mass is 9.99. The van der Waals surface area contributed by atoms with E-state index in [1.165, 1.54) is 5.56 Å². The first kappa shape index (κ1) is 19.6. The highest BCUT2D eigenvalue weighted by Crippen LogP contribution is 2.25. The number of hydrogen-bond donors (Lipinski definition) is 1. The minimum absolute atomic E-state index is 0.0697. The van der Waals surface area contributed by atoms with Crippen LogP contribution in [0.1, 0.15) is 31.7 Å². The molecule has 4 rings (SSSR count). The fourth-order valence-corrected chi connectivity index (χ4v) is 3.10. The summed E-state index contributed by atoms with van der Waals surface area (Å²) in [6, 6.07) is 18.8. The number of benzene rings is 2. The molecule has 0 spiro atoms. The summed E-state index contributed by atoms with van der Waals surface area (Å²) in [7, 11) is 0. The first-order valence-electron chi connectivity index (χ1n) is 9.97. The van der Waals surface area contributed by atoms with Gasteiger partial charge in [0, 0.05) is 17.4 Å². The molecule has 6 heteroatoms. The molecule has 0 bridgehead atoms. The topological polar surface area (TPSA) is 77.2 Å². The first-order valence-corrected chi connectivity index (χ1v) is 9.97. The summed E-state index contributed by atoms with van der Waals surface area (Å²) < 4.78 is 11.4. The molecule has 4 aromatic rings. The SMILES string of the molecule is CC[C@@H](C)c1ccc(OCC(=O)Nc2cccc(-c3nc4ncccc4o3)c2)cc1. The molecule has 0 radical (unpaired) electrons. The van der Waals surface area contributed by atoms with Crippen molar-refractivity contribution >= 4 is 22.8 Å². The van der Waals surface area contributed by atoms with Crippen molar-refractivity contribution in [2.24, 2.45) is 0 Å². The Bertz CT molecular complexity index is 1120. The second-order valence-electron chi connectivity index (χ2n) is 7.14. The smallest absolute Gasteiger partial charge is 0.262 e. The van der Waals surface area contributed by atoms with Crippen LogP contribution in [0.5, 0.6) is 5.75 Å². The molecule has 30 heavy (non-hydrogen) atoms. The number of amides is 1. The molecule has 2 aromatic carbocycles. The fourth-order valence-electron chi connectivity index (χ4n) is 3.10. The lowest BCUT2D eigenvalue weighted by Gasteiger charge is -2.11. The van der Waals surface area contributed by atoms with Gasteiger partial charge in [-0.15, -0.1) is 0 Å². The molecule has 2 heterocycles. The van der Waals surface area contributed by atoms with Gasteiger partial charge in [0.05, 0.1) is 0 Å². The van der Waals surface area contributed by atoms with Crippen LogP contribution in [0.2, 0.25) is 0 Å². The number of ether oxygens (including phenoxy) is 1. The fraction of sp³-hybridized carbons (Fsp3) is 0.208. The normalized spacial score (nSPS) is 11.9. The third kappa shape index (κ3) is 4.49. The van der Waals surface area contributed by atoms with Crippen molar-refractivity contribution in [1.29, 1.82) is 0 Å². The molecule has 1 atom stereocenters. The summed E-state index contributed by atoms with van der Waals surface area (Å²) in [5.74, 6) is 1.39. The number of pyridine rings is 1. The Kier molecular flexibility index (Phi) is 5.75. The largest absolute Gasteiger partial charge is 0.484 e. The quantitative estimate of drug-likeness (QED) is 0.447. The molecule has 0 fully saturated rings. The average molecular weight is 401 g/mol. The van der Waals surface area contributed by atoms with Gasteiger partial charge in [0.1, 0.15) is 5.75 Å². The molecule has 0 aliphatic heterocycles. The highest BCUT2D eigenvalue weighted by atomic mass is 16.5. The van der Waals surface area contributed by atoms with Crippen LogP contribution >= 0.6 is 0 Å². The maximum atomic E-state index is 12.3. The minimum Gasteiger partial charge on any atom is -0.484 e. The predicted molar refractivity (Wildman–Crippen MR) is 117 cm³/mol. The Morgan fingerprint density at radius 1 is 1.13 bits per heavy atom. The number of nitrogens with zero attached hydrogens (tertiary/aromatic N) is 2. The Labute approximate surface area is 174 Å². The maximum Gasteiger partial charge on any atom is 0.262 e. The lowest BCUT2D eigenvalue weighted by Crippen LogP contribution is -2.20. The first-order chi connectivity index (χ1) is 14.6. The monoisotopic (exact) mass is 401 g/mol. The van der Waals surface area contributed by atoms with Crippen LogP contribution in [0.25, 0.3) is 22.7 Å². The number of aromatic nitrogens is 2. The van der Waals surface area contributed by atoms with E-state index in [0.717, 1.165) is 12.0 Å². The van der Waals surface area contributed by atoms with Gasteiger partial charge in [-0.1, -0.05) is 32.0 Å². The molecular formula is C24H23N3O3. The van der Waals surface area contributed by atoms with Gasteiger partial charge in [0.2, 0.25) is 5.89 Å². The van der Waals surface area contributed by atoms with Gasteiger partial charge < -0.3 is 14.5 Å². The van der Waals surface area contributed by atoms with Gasteiger partial charge in [-0.05, 0) is 60.4 Å². The van der Waals surface area contributed by atoms with E-state index >= 15 is 0 Å². The second-order valence-corrected chi connectivity index (χ2v) is 7.14. The molecule has 0 aliphatic carbocycles. The standard InChI is InChI=1S/C24H23N3O3/c1-3-16(2)17-9-11-20(12-10-17)29-15-22(28)26-19-7-4-6-18(14-19)24-27-23-21(30-24)8-5-13-25-23/h4-14,16H,3,15H2,1-2H3,(H,26,28)/t16-/m1/s1. The second kappa shape index (κ2) is 8.78. The van der Waals surface area contributed by atoms with E-state index in [1.807, 2.05) is 54.6 Å². The molecule has 0 unspecified atom stereocenters. The zero-order valence-electron chi connectivity index (χ0n) is 17.0. The van der Waals surface area contributed by atoms with Gasteiger partial charge >= 0.3 is 0 Å². The van der Waals surface area contributed by atoms with Crippen molar-refractivity contribution < 1.29 is 13.9 Å². The van der Waals surface area contributed by atoms with Crippen LogP contribution in [-0.2, 0) is 4.79 Å².